The summed E-state index contributed by atoms with van der Waals surface area (Å²) >= 11 is 0. The fraction of sp³-hybridized carbons (Fsp3) is 0.368. The zero-order chi connectivity index (χ0) is 16.2. The molecule has 0 saturated heterocycles. The number of hydrogen-bond donors (Lipinski definition) is 1. The maximum atomic E-state index is 12.1. The number of benzene rings is 2. The van der Waals surface area contributed by atoms with Crippen LogP contribution in [0.25, 0.3) is 11.1 Å². The van der Waals surface area contributed by atoms with Crippen LogP contribution < -0.4 is 5.73 Å². The van der Waals surface area contributed by atoms with Crippen molar-refractivity contribution in [2.24, 2.45) is 5.73 Å². The second kappa shape index (κ2) is 5.18. The Labute approximate surface area is 137 Å². The van der Waals surface area contributed by atoms with E-state index in [2.05, 4.69) is 18.2 Å². The minimum Gasteiger partial charge on any atom is -0.324 e. The number of fused-ring (bicyclic) bond motifs is 5. The lowest BCUT2D eigenvalue weighted by molar-refractivity contribution is 0.566. The maximum absolute atomic E-state index is 12.1. The lowest BCUT2D eigenvalue weighted by atomic mass is 9.77. The van der Waals surface area contributed by atoms with Gasteiger partial charge in [-0.15, -0.1) is 0 Å². The van der Waals surface area contributed by atoms with Crippen molar-refractivity contribution < 1.29 is 8.42 Å². The summed E-state index contributed by atoms with van der Waals surface area (Å²) in [6.07, 6.45) is 6.28. The molecule has 120 valence electrons. The highest BCUT2D eigenvalue weighted by Crippen LogP contribution is 2.41. The summed E-state index contributed by atoms with van der Waals surface area (Å²) in [5.41, 5.74) is 13.6. The van der Waals surface area contributed by atoms with Gasteiger partial charge in [0, 0.05) is 12.3 Å². The standard InChI is InChI=1S/C19H21NO2S/c1-23(21,22)19-7-3-5-13-15-8-10-16-12(4-2-6-18(16)20)14(15)9-11-17(13)19/h3,5,7-8,10,18H,2,4,6,9,11,20H2,1H3. The SMILES string of the molecule is CS(=O)(=O)c1cccc2c1CCc1c-2ccc2c1CCCC2N. The predicted octanol–water partition coefficient (Wildman–Crippen LogP) is 3.19. The molecule has 0 bridgehead atoms. The molecule has 23 heavy (non-hydrogen) atoms. The van der Waals surface area contributed by atoms with E-state index in [0.717, 1.165) is 43.2 Å². The van der Waals surface area contributed by atoms with Crippen molar-refractivity contribution in [2.45, 2.75) is 43.0 Å². The van der Waals surface area contributed by atoms with Gasteiger partial charge in [0.15, 0.2) is 9.84 Å². The number of nitrogens with two attached hydrogens (primary N) is 1. The van der Waals surface area contributed by atoms with Crippen molar-refractivity contribution in [1.29, 1.82) is 0 Å². The number of rotatable bonds is 1. The van der Waals surface area contributed by atoms with Crippen LogP contribution in [0.2, 0.25) is 0 Å². The fourth-order valence-electron chi connectivity index (χ4n) is 4.22. The van der Waals surface area contributed by atoms with Crippen LogP contribution in [0.1, 0.15) is 41.1 Å². The first-order chi connectivity index (χ1) is 11.0. The molecule has 1 atom stereocenters. The molecule has 2 aromatic rings. The zero-order valence-corrected chi connectivity index (χ0v) is 14.1. The lowest BCUT2D eigenvalue weighted by Crippen LogP contribution is -2.20. The van der Waals surface area contributed by atoms with Crippen LogP contribution in [0.4, 0.5) is 0 Å². The first kappa shape index (κ1) is 14.9. The molecule has 1 unspecified atom stereocenters. The van der Waals surface area contributed by atoms with Crippen molar-refractivity contribution in [1.82, 2.24) is 0 Å². The molecule has 3 nitrogen and oxygen atoms in total. The van der Waals surface area contributed by atoms with E-state index in [9.17, 15) is 8.42 Å². The molecule has 4 heteroatoms. The van der Waals surface area contributed by atoms with E-state index >= 15 is 0 Å². The van der Waals surface area contributed by atoms with Crippen molar-refractivity contribution in [3.05, 3.63) is 52.6 Å². The summed E-state index contributed by atoms with van der Waals surface area (Å²) in [4.78, 5) is 0.482. The monoisotopic (exact) mass is 327 g/mol. The Morgan fingerprint density at radius 3 is 2.48 bits per heavy atom. The van der Waals surface area contributed by atoms with Gasteiger partial charge in [-0.1, -0.05) is 24.3 Å². The summed E-state index contributed by atoms with van der Waals surface area (Å²) in [6, 6.07) is 10.1. The van der Waals surface area contributed by atoms with Gasteiger partial charge in [-0.05, 0) is 71.6 Å². The Kier molecular flexibility index (Phi) is 3.36. The van der Waals surface area contributed by atoms with Crippen molar-refractivity contribution in [2.75, 3.05) is 6.26 Å². The first-order valence-electron chi connectivity index (χ1n) is 8.19. The van der Waals surface area contributed by atoms with Gasteiger partial charge in [0.25, 0.3) is 0 Å². The van der Waals surface area contributed by atoms with Crippen LogP contribution >= 0.6 is 0 Å². The smallest absolute Gasteiger partial charge is 0.175 e. The molecule has 4 rings (SSSR count). The van der Waals surface area contributed by atoms with Crippen LogP contribution in [-0.4, -0.2) is 14.7 Å². The van der Waals surface area contributed by atoms with Gasteiger partial charge in [-0.3, -0.25) is 0 Å². The third-order valence-corrected chi connectivity index (χ3v) is 6.44. The predicted molar refractivity (Wildman–Crippen MR) is 92.3 cm³/mol. The summed E-state index contributed by atoms with van der Waals surface area (Å²) in [5, 5.41) is 0. The third kappa shape index (κ3) is 2.32. The topological polar surface area (TPSA) is 60.2 Å². The van der Waals surface area contributed by atoms with Crippen molar-refractivity contribution in [3.63, 3.8) is 0 Å². The van der Waals surface area contributed by atoms with E-state index in [1.165, 1.54) is 28.5 Å². The quantitative estimate of drug-likeness (QED) is 0.875. The van der Waals surface area contributed by atoms with Gasteiger partial charge in [0.2, 0.25) is 0 Å². The van der Waals surface area contributed by atoms with Gasteiger partial charge in [-0.2, -0.15) is 0 Å². The second-order valence-electron chi connectivity index (χ2n) is 6.71. The molecule has 0 heterocycles. The van der Waals surface area contributed by atoms with Gasteiger partial charge in [-0.25, -0.2) is 8.42 Å². The largest absolute Gasteiger partial charge is 0.324 e. The molecule has 0 amide bonds. The van der Waals surface area contributed by atoms with Crippen LogP contribution in [0.3, 0.4) is 0 Å². The fourth-order valence-corrected chi connectivity index (χ4v) is 5.20. The molecular formula is C19H21NO2S. The lowest BCUT2D eigenvalue weighted by Gasteiger charge is -2.30. The molecule has 0 aliphatic heterocycles. The van der Waals surface area contributed by atoms with E-state index in [-0.39, 0.29) is 6.04 Å². The van der Waals surface area contributed by atoms with Crippen molar-refractivity contribution >= 4 is 9.84 Å². The number of hydrogen-bond acceptors (Lipinski definition) is 3. The highest BCUT2D eigenvalue weighted by molar-refractivity contribution is 7.90. The molecule has 0 spiro atoms. The normalized spacial score (nSPS) is 19.7. The number of sulfone groups is 1. The summed E-state index contributed by atoms with van der Waals surface area (Å²) in [7, 11) is -3.19. The molecule has 0 radical (unpaired) electrons. The minimum absolute atomic E-state index is 0.146. The molecule has 0 aromatic heterocycles. The minimum atomic E-state index is -3.19. The second-order valence-corrected chi connectivity index (χ2v) is 8.70. The Morgan fingerprint density at radius 2 is 1.70 bits per heavy atom. The average molecular weight is 327 g/mol. The van der Waals surface area contributed by atoms with Crippen LogP contribution in [0.5, 0.6) is 0 Å². The molecule has 2 aliphatic rings. The first-order valence-corrected chi connectivity index (χ1v) is 10.1. The highest BCUT2D eigenvalue weighted by atomic mass is 32.2. The molecule has 0 saturated carbocycles. The van der Waals surface area contributed by atoms with Crippen molar-refractivity contribution in [3.8, 4) is 11.1 Å². The van der Waals surface area contributed by atoms with E-state index in [4.69, 9.17) is 5.73 Å². The van der Waals surface area contributed by atoms with Crippen LogP contribution in [-0.2, 0) is 29.1 Å². The molecular weight excluding hydrogens is 306 g/mol. The van der Waals surface area contributed by atoms with E-state index in [1.54, 1.807) is 6.07 Å². The van der Waals surface area contributed by atoms with Gasteiger partial charge >= 0.3 is 0 Å². The highest BCUT2D eigenvalue weighted by Gasteiger charge is 2.27. The summed E-state index contributed by atoms with van der Waals surface area (Å²) in [5.74, 6) is 0. The van der Waals surface area contributed by atoms with E-state index in [1.807, 2.05) is 6.07 Å². The average Bonchev–Trinajstić information content (AvgIpc) is 2.53. The van der Waals surface area contributed by atoms with E-state index in [0.29, 0.717) is 4.90 Å². The molecule has 0 fully saturated rings. The Morgan fingerprint density at radius 1 is 0.957 bits per heavy atom. The summed E-state index contributed by atoms with van der Waals surface area (Å²) in [6.45, 7) is 0. The molecule has 2 aromatic carbocycles. The Hall–Kier alpha value is -1.65. The van der Waals surface area contributed by atoms with Gasteiger partial charge in [0.1, 0.15) is 0 Å². The van der Waals surface area contributed by atoms with Gasteiger partial charge in [0.05, 0.1) is 4.90 Å². The summed E-state index contributed by atoms with van der Waals surface area (Å²) < 4.78 is 24.2. The zero-order valence-electron chi connectivity index (χ0n) is 13.3. The Bertz CT molecular complexity index is 900. The molecule has 2 N–H and O–H groups in total. The van der Waals surface area contributed by atoms with Crippen LogP contribution in [0, 0.1) is 0 Å². The Balaban J connectivity index is 1.96. The third-order valence-electron chi connectivity index (χ3n) is 5.26. The maximum Gasteiger partial charge on any atom is 0.175 e. The van der Waals surface area contributed by atoms with Gasteiger partial charge < -0.3 is 5.73 Å². The van der Waals surface area contributed by atoms with Crippen LogP contribution in [0.15, 0.2) is 35.2 Å². The van der Waals surface area contributed by atoms with E-state index < -0.39 is 9.84 Å². The molecule has 2 aliphatic carbocycles.